The molecule has 0 aromatic rings. The zero-order chi connectivity index (χ0) is 11.4. The highest BCUT2D eigenvalue weighted by atomic mass is 15.2. The van der Waals surface area contributed by atoms with Gasteiger partial charge in [-0.15, -0.1) is 0 Å². The number of hydrogen-bond acceptors (Lipinski definition) is 3. The van der Waals surface area contributed by atoms with Gasteiger partial charge in [0.25, 0.3) is 0 Å². The predicted octanol–water partition coefficient (Wildman–Crippen LogP) is 1.15. The van der Waals surface area contributed by atoms with Gasteiger partial charge < -0.3 is 15.1 Å². The Kier molecular flexibility index (Phi) is 4.62. The molecule has 2 rings (SSSR count). The smallest absolute Gasteiger partial charge is 0.0220 e. The molecule has 2 unspecified atom stereocenters. The van der Waals surface area contributed by atoms with E-state index in [9.17, 15) is 0 Å². The lowest BCUT2D eigenvalue weighted by atomic mass is 10.1. The fraction of sp³-hybridized carbons (Fsp3) is 1.00. The summed E-state index contributed by atoms with van der Waals surface area (Å²) in [5.41, 5.74) is 0. The molecule has 0 spiro atoms. The number of likely N-dealkylation sites (tertiary alicyclic amines) is 1. The van der Waals surface area contributed by atoms with Crippen LogP contribution in [0.4, 0.5) is 0 Å². The highest BCUT2D eigenvalue weighted by molar-refractivity contribution is 4.80. The van der Waals surface area contributed by atoms with Crippen molar-refractivity contribution in [2.45, 2.75) is 44.2 Å². The van der Waals surface area contributed by atoms with E-state index >= 15 is 0 Å². The molecule has 94 valence electrons. The highest BCUT2D eigenvalue weighted by Crippen LogP contribution is 2.16. The lowest BCUT2D eigenvalue weighted by Crippen LogP contribution is -2.38. The van der Waals surface area contributed by atoms with Gasteiger partial charge in [0, 0.05) is 18.6 Å². The van der Waals surface area contributed by atoms with Gasteiger partial charge >= 0.3 is 0 Å². The van der Waals surface area contributed by atoms with Crippen LogP contribution >= 0.6 is 0 Å². The van der Waals surface area contributed by atoms with E-state index in [0.717, 1.165) is 12.1 Å². The minimum atomic E-state index is 0.795. The van der Waals surface area contributed by atoms with Crippen molar-refractivity contribution in [2.75, 3.05) is 40.3 Å². The lowest BCUT2D eigenvalue weighted by Gasteiger charge is -2.26. The standard InChI is InChI=1S/C13H27N3/c1-15(10-7-12-5-3-8-14-12)11-13-6-4-9-16(13)2/h12-14H,3-11H2,1-2H3. The van der Waals surface area contributed by atoms with Crippen molar-refractivity contribution in [1.82, 2.24) is 15.1 Å². The monoisotopic (exact) mass is 225 g/mol. The van der Waals surface area contributed by atoms with Crippen LogP contribution < -0.4 is 5.32 Å². The van der Waals surface area contributed by atoms with Crippen molar-refractivity contribution in [1.29, 1.82) is 0 Å². The van der Waals surface area contributed by atoms with Gasteiger partial charge in [-0.05, 0) is 65.8 Å². The van der Waals surface area contributed by atoms with Crippen molar-refractivity contribution in [2.24, 2.45) is 0 Å². The molecule has 16 heavy (non-hydrogen) atoms. The maximum Gasteiger partial charge on any atom is 0.0220 e. The second-order valence-corrected chi connectivity index (χ2v) is 5.62. The third-order valence-corrected chi connectivity index (χ3v) is 4.22. The third kappa shape index (κ3) is 3.44. The van der Waals surface area contributed by atoms with E-state index in [1.54, 1.807) is 0 Å². The van der Waals surface area contributed by atoms with Gasteiger partial charge in [0.05, 0.1) is 0 Å². The van der Waals surface area contributed by atoms with Crippen LogP contribution in [0.5, 0.6) is 0 Å². The Labute approximate surface area is 100 Å². The molecule has 0 aromatic carbocycles. The first-order valence-corrected chi connectivity index (χ1v) is 6.88. The zero-order valence-corrected chi connectivity index (χ0v) is 10.9. The van der Waals surface area contributed by atoms with Crippen molar-refractivity contribution >= 4 is 0 Å². The molecule has 2 aliphatic rings. The molecular weight excluding hydrogens is 198 g/mol. The summed E-state index contributed by atoms with van der Waals surface area (Å²) in [6.45, 7) is 5.04. The molecule has 0 aliphatic carbocycles. The van der Waals surface area contributed by atoms with E-state index in [2.05, 4.69) is 29.2 Å². The van der Waals surface area contributed by atoms with E-state index in [1.165, 1.54) is 58.3 Å². The molecule has 0 saturated carbocycles. The van der Waals surface area contributed by atoms with Crippen LogP contribution in [0.15, 0.2) is 0 Å². The molecule has 3 heteroatoms. The van der Waals surface area contributed by atoms with Crippen LogP contribution in [0.25, 0.3) is 0 Å². The first-order chi connectivity index (χ1) is 7.75. The molecule has 2 heterocycles. The maximum absolute atomic E-state index is 3.58. The first-order valence-electron chi connectivity index (χ1n) is 6.88. The van der Waals surface area contributed by atoms with E-state index < -0.39 is 0 Å². The number of likely N-dealkylation sites (N-methyl/N-ethyl adjacent to an activating group) is 2. The third-order valence-electron chi connectivity index (χ3n) is 4.22. The summed E-state index contributed by atoms with van der Waals surface area (Å²) in [5, 5.41) is 3.58. The van der Waals surface area contributed by atoms with Crippen molar-refractivity contribution in [3.05, 3.63) is 0 Å². The molecule has 1 N–H and O–H groups in total. The van der Waals surface area contributed by atoms with Crippen LogP contribution in [0.3, 0.4) is 0 Å². The van der Waals surface area contributed by atoms with Crippen LogP contribution in [-0.4, -0.2) is 62.2 Å². The largest absolute Gasteiger partial charge is 0.314 e. The number of nitrogens with zero attached hydrogens (tertiary/aromatic N) is 2. The van der Waals surface area contributed by atoms with Gasteiger partial charge in [0.15, 0.2) is 0 Å². The fourth-order valence-corrected chi connectivity index (χ4v) is 3.04. The summed E-state index contributed by atoms with van der Waals surface area (Å²) in [6, 6.07) is 1.60. The Hall–Kier alpha value is -0.120. The molecule has 0 bridgehead atoms. The van der Waals surface area contributed by atoms with E-state index in [1.807, 2.05) is 0 Å². The first kappa shape index (κ1) is 12.3. The Morgan fingerprint density at radius 2 is 2.19 bits per heavy atom. The van der Waals surface area contributed by atoms with E-state index in [0.29, 0.717) is 0 Å². The molecule has 0 radical (unpaired) electrons. The summed E-state index contributed by atoms with van der Waals surface area (Å²) in [6.07, 6.45) is 6.87. The molecule has 0 aromatic heterocycles. The van der Waals surface area contributed by atoms with Crippen molar-refractivity contribution < 1.29 is 0 Å². The average Bonchev–Trinajstić information content (AvgIpc) is 2.88. The van der Waals surface area contributed by atoms with Gasteiger partial charge in [0.2, 0.25) is 0 Å². The van der Waals surface area contributed by atoms with E-state index in [-0.39, 0.29) is 0 Å². The lowest BCUT2D eigenvalue weighted by molar-refractivity contribution is 0.214. The van der Waals surface area contributed by atoms with Crippen LogP contribution in [0.2, 0.25) is 0 Å². The number of hydrogen-bond donors (Lipinski definition) is 1. The van der Waals surface area contributed by atoms with Crippen molar-refractivity contribution in [3.63, 3.8) is 0 Å². The number of rotatable bonds is 5. The van der Waals surface area contributed by atoms with Gasteiger partial charge in [-0.25, -0.2) is 0 Å². The Balaban J connectivity index is 1.61. The molecule has 2 saturated heterocycles. The molecule has 3 nitrogen and oxygen atoms in total. The Morgan fingerprint density at radius 3 is 2.81 bits per heavy atom. The van der Waals surface area contributed by atoms with Crippen LogP contribution in [0, 0.1) is 0 Å². The molecular formula is C13H27N3. The average molecular weight is 225 g/mol. The van der Waals surface area contributed by atoms with Crippen molar-refractivity contribution in [3.8, 4) is 0 Å². The molecule has 2 aliphatic heterocycles. The summed E-state index contributed by atoms with van der Waals surface area (Å²) in [7, 11) is 4.55. The molecule has 2 fully saturated rings. The summed E-state index contributed by atoms with van der Waals surface area (Å²) in [4.78, 5) is 5.04. The molecule has 0 amide bonds. The Morgan fingerprint density at radius 1 is 1.31 bits per heavy atom. The second-order valence-electron chi connectivity index (χ2n) is 5.62. The summed E-state index contributed by atoms with van der Waals surface area (Å²) >= 11 is 0. The van der Waals surface area contributed by atoms with E-state index in [4.69, 9.17) is 0 Å². The zero-order valence-electron chi connectivity index (χ0n) is 10.9. The Bertz CT molecular complexity index is 201. The maximum atomic E-state index is 3.58. The predicted molar refractivity (Wildman–Crippen MR) is 68.8 cm³/mol. The van der Waals surface area contributed by atoms with Crippen LogP contribution in [-0.2, 0) is 0 Å². The number of nitrogens with one attached hydrogen (secondary N) is 1. The summed E-state index contributed by atoms with van der Waals surface area (Å²) < 4.78 is 0. The summed E-state index contributed by atoms with van der Waals surface area (Å²) in [5.74, 6) is 0. The van der Waals surface area contributed by atoms with Gasteiger partial charge in [0.1, 0.15) is 0 Å². The topological polar surface area (TPSA) is 18.5 Å². The van der Waals surface area contributed by atoms with Crippen LogP contribution in [0.1, 0.15) is 32.1 Å². The van der Waals surface area contributed by atoms with Gasteiger partial charge in [-0.1, -0.05) is 0 Å². The van der Waals surface area contributed by atoms with Gasteiger partial charge in [-0.2, -0.15) is 0 Å². The second kappa shape index (κ2) is 5.99. The molecule has 2 atom stereocenters. The minimum Gasteiger partial charge on any atom is -0.314 e. The van der Waals surface area contributed by atoms with Gasteiger partial charge in [-0.3, -0.25) is 0 Å². The quantitative estimate of drug-likeness (QED) is 0.757. The normalized spacial score (nSPS) is 31.7. The fourth-order valence-electron chi connectivity index (χ4n) is 3.04. The SMILES string of the molecule is CN(CCC1CCCN1)CC1CCCN1C. The minimum absolute atomic E-state index is 0.795. The highest BCUT2D eigenvalue weighted by Gasteiger charge is 2.22.